The average Bonchev–Trinajstić information content (AvgIpc) is 2.08. The molecule has 0 aromatic rings. The lowest BCUT2D eigenvalue weighted by atomic mass is 10.0. The number of ether oxygens (including phenoxy) is 2. The second kappa shape index (κ2) is 4.55. The van der Waals surface area contributed by atoms with Gasteiger partial charge in [-0.2, -0.15) is 0 Å². The number of aliphatic hydroxyl groups is 2. The molecular formula is C8H14O5. The average molecular weight is 190 g/mol. The molecule has 0 saturated carbocycles. The van der Waals surface area contributed by atoms with Crippen molar-refractivity contribution >= 4 is 5.97 Å². The van der Waals surface area contributed by atoms with Crippen molar-refractivity contribution in [2.24, 2.45) is 0 Å². The Hall–Kier alpha value is -0.650. The van der Waals surface area contributed by atoms with Crippen LogP contribution in [0.3, 0.4) is 0 Å². The molecule has 1 heterocycles. The zero-order valence-electron chi connectivity index (χ0n) is 7.47. The molecule has 76 valence electrons. The molecule has 0 aromatic carbocycles. The van der Waals surface area contributed by atoms with Crippen molar-refractivity contribution in [2.75, 3.05) is 13.2 Å². The zero-order chi connectivity index (χ0) is 9.84. The van der Waals surface area contributed by atoms with Gasteiger partial charge in [0.1, 0.15) is 18.3 Å². The van der Waals surface area contributed by atoms with E-state index in [1.165, 1.54) is 6.92 Å². The number of hydrogen-bond donors (Lipinski definition) is 2. The Labute approximate surface area is 76.3 Å². The fourth-order valence-electron chi connectivity index (χ4n) is 1.35. The number of aliphatic hydroxyl groups excluding tert-OH is 2. The van der Waals surface area contributed by atoms with E-state index in [-0.39, 0.29) is 6.61 Å². The first-order chi connectivity index (χ1) is 6.15. The van der Waals surface area contributed by atoms with Gasteiger partial charge >= 0.3 is 5.97 Å². The highest BCUT2D eigenvalue weighted by molar-refractivity contribution is 5.66. The Morgan fingerprint density at radius 3 is 2.92 bits per heavy atom. The number of esters is 1. The van der Waals surface area contributed by atoms with Crippen LogP contribution in [0.5, 0.6) is 0 Å². The summed E-state index contributed by atoms with van der Waals surface area (Å²) in [6, 6.07) is 0. The van der Waals surface area contributed by atoms with Crippen molar-refractivity contribution in [1.82, 2.24) is 0 Å². The summed E-state index contributed by atoms with van der Waals surface area (Å²) in [5.74, 6) is -0.428. The highest BCUT2D eigenvalue weighted by Gasteiger charge is 2.34. The molecule has 5 nitrogen and oxygen atoms in total. The molecule has 0 bridgehead atoms. The molecule has 5 heteroatoms. The van der Waals surface area contributed by atoms with Crippen LogP contribution in [-0.2, 0) is 14.3 Å². The van der Waals surface area contributed by atoms with E-state index in [1.807, 2.05) is 0 Å². The van der Waals surface area contributed by atoms with Crippen LogP contribution >= 0.6 is 0 Å². The van der Waals surface area contributed by atoms with Crippen LogP contribution in [0.15, 0.2) is 0 Å². The van der Waals surface area contributed by atoms with Crippen molar-refractivity contribution in [2.45, 2.75) is 31.7 Å². The van der Waals surface area contributed by atoms with Crippen LogP contribution in [0, 0.1) is 0 Å². The summed E-state index contributed by atoms with van der Waals surface area (Å²) < 4.78 is 9.92. The summed E-state index contributed by atoms with van der Waals surface area (Å²) >= 11 is 0. The van der Waals surface area contributed by atoms with Crippen LogP contribution in [0.2, 0.25) is 0 Å². The predicted octanol–water partition coefficient (Wildman–Crippen LogP) is -0.940. The summed E-state index contributed by atoms with van der Waals surface area (Å²) in [6.45, 7) is 1.41. The maximum atomic E-state index is 10.6. The smallest absolute Gasteiger partial charge is 0.302 e. The fraction of sp³-hybridized carbons (Fsp3) is 0.875. The van der Waals surface area contributed by atoms with Gasteiger partial charge in [0, 0.05) is 13.3 Å². The van der Waals surface area contributed by atoms with Crippen molar-refractivity contribution in [3.05, 3.63) is 0 Å². The van der Waals surface area contributed by atoms with Crippen molar-refractivity contribution in [1.29, 1.82) is 0 Å². The maximum Gasteiger partial charge on any atom is 0.302 e. The van der Waals surface area contributed by atoms with Gasteiger partial charge in [0.2, 0.25) is 0 Å². The zero-order valence-corrected chi connectivity index (χ0v) is 7.47. The molecule has 1 saturated heterocycles. The first-order valence-corrected chi connectivity index (χ1v) is 4.23. The summed E-state index contributed by atoms with van der Waals surface area (Å²) in [5, 5.41) is 18.3. The van der Waals surface area contributed by atoms with Gasteiger partial charge in [0.05, 0.1) is 13.2 Å². The summed E-state index contributed by atoms with van der Waals surface area (Å²) in [4.78, 5) is 10.6. The minimum Gasteiger partial charge on any atom is -0.460 e. The Morgan fingerprint density at radius 1 is 1.69 bits per heavy atom. The topological polar surface area (TPSA) is 76.0 Å². The molecule has 0 radical (unpaired) electrons. The molecule has 0 aromatic heterocycles. The third-order valence-electron chi connectivity index (χ3n) is 1.99. The molecule has 1 aliphatic heterocycles. The van der Waals surface area contributed by atoms with E-state index < -0.39 is 24.3 Å². The standard InChI is InChI=1S/C8H14O5/c1-5(10)13-6-2-3-12-7(4-9)8(6)11/h6-9,11H,2-4H2,1H3/t6-,7-,8+/m1/s1. The van der Waals surface area contributed by atoms with E-state index >= 15 is 0 Å². The van der Waals surface area contributed by atoms with E-state index in [4.69, 9.17) is 14.6 Å². The molecule has 1 rings (SSSR count). The number of carbonyl (C=O) groups is 1. The third kappa shape index (κ3) is 2.65. The Balaban J connectivity index is 2.49. The van der Waals surface area contributed by atoms with Gasteiger partial charge in [0.15, 0.2) is 0 Å². The normalized spacial score (nSPS) is 34.2. The van der Waals surface area contributed by atoms with Crippen LogP contribution in [0.25, 0.3) is 0 Å². The third-order valence-corrected chi connectivity index (χ3v) is 1.99. The molecule has 0 amide bonds. The van der Waals surface area contributed by atoms with Gasteiger partial charge in [-0.05, 0) is 0 Å². The summed E-state index contributed by atoms with van der Waals surface area (Å²) in [5.41, 5.74) is 0. The Bertz CT molecular complexity index is 181. The van der Waals surface area contributed by atoms with Crippen LogP contribution in [0.1, 0.15) is 13.3 Å². The second-order valence-electron chi connectivity index (χ2n) is 3.02. The quantitative estimate of drug-likeness (QED) is 0.550. The maximum absolute atomic E-state index is 10.6. The molecule has 0 spiro atoms. The first-order valence-electron chi connectivity index (χ1n) is 4.23. The van der Waals surface area contributed by atoms with E-state index in [0.29, 0.717) is 13.0 Å². The molecular weight excluding hydrogens is 176 g/mol. The fourth-order valence-corrected chi connectivity index (χ4v) is 1.35. The molecule has 3 atom stereocenters. The molecule has 1 aliphatic rings. The minimum absolute atomic E-state index is 0.265. The lowest BCUT2D eigenvalue weighted by Crippen LogP contribution is -2.48. The molecule has 0 unspecified atom stereocenters. The van der Waals surface area contributed by atoms with Crippen LogP contribution in [0.4, 0.5) is 0 Å². The van der Waals surface area contributed by atoms with E-state index in [9.17, 15) is 9.90 Å². The Kier molecular flexibility index (Phi) is 3.65. The van der Waals surface area contributed by atoms with Gasteiger partial charge < -0.3 is 19.7 Å². The second-order valence-corrected chi connectivity index (χ2v) is 3.02. The predicted molar refractivity (Wildman–Crippen MR) is 43.0 cm³/mol. The summed E-state index contributed by atoms with van der Waals surface area (Å²) in [6.07, 6.45) is -1.65. The number of carbonyl (C=O) groups excluding carboxylic acids is 1. The lowest BCUT2D eigenvalue weighted by molar-refractivity contribution is -0.179. The molecule has 1 fully saturated rings. The van der Waals surface area contributed by atoms with Crippen LogP contribution < -0.4 is 0 Å². The van der Waals surface area contributed by atoms with E-state index in [1.54, 1.807) is 0 Å². The first kappa shape index (κ1) is 10.4. The van der Waals surface area contributed by atoms with E-state index in [2.05, 4.69) is 0 Å². The number of hydrogen-bond acceptors (Lipinski definition) is 5. The van der Waals surface area contributed by atoms with Gasteiger partial charge in [-0.1, -0.05) is 0 Å². The molecule has 2 N–H and O–H groups in total. The molecule has 13 heavy (non-hydrogen) atoms. The van der Waals surface area contributed by atoms with Gasteiger partial charge in [0.25, 0.3) is 0 Å². The Morgan fingerprint density at radius 2 is 2.38 bits per heavy atom. The van der Waals surface area contributed by atoms with Crippen molar-refractivity contribution in [3.8, 4) is 0 Å². The summed E-state index contributed by atoms with van der Waals surface area (Å²) in [7, 11) is 0. The van der Waals surface area contributed by atoms with E-state index in [0.717, 1.165) is 0 Å². The SMILES string of the molecule is CC(=O)O[C@@H]1CCO[C@H](CO)[C@H]1O. The largest absolute Gasteiger partial charge is 0.460 e. The number of rotatable bonds is 2. The van der Waals surface area contributed by atoms with Gasteiger partial charge in [-0.15, -0.1) is 0 Å². The van der Waals surface area contributed by atoms with Gasteiger partial charge in [-0.25, -0.2) is 0 Å². The monoisotopic (exact) mass is 190 g/mol. The van der Waals surface area contributed by atoms with Crippen LogP contribution in [-0.4, -0.2) is 47.7 Å². The molecule has 0 aliphatic carbocycles. The lowest BCUT2D eigenvalue weighted by Gasteiger charge is -2.33. The van der Waals surface area contributed by atoms with Gasteiger partial charge in [-0.3, -0.25) is 4.79 Å². The van der Waals surface area contributed by atoms with Crippen molar-refractivity contribution < 1.29 is 24.5 Å². The van der Waals surface area contributed by atoms with Crippen molar-refractivity contribution in [3.63, 3.8) is 0 Å². The highest BCUT2D eigenvalue weighted by atomic mass is 16.6. The highest BCUT2D eigenvalue weighted by Crippen LogP contribution is 2.17. The minimum atomic E-state index is -0.928.